The minimum absolute atomic E-state index is 1.14. The molecule has 0 spiro atoms. The van der Waals surface area contributed by atoms with E-state index >= 15 is 0 Å². The van der Waals surface area contributed by atoms with Crippen LogP contribution in [0.1, 0.15) is 26.2 Å². The summed E-state index contributed by atoms with van der Waals surface area (Å²) in [5.74, 6) is 5.17. The Morgan fingerprint density at radius 3 is 2.22 bits per heavy atom. The summed E-state index contributed by atoms with van der Waals surface area (Å²) in [5, 5.41) is 1.63. The fraction of sp³-hybridized carbons (Fsp3) is 1.00. The summed E-state index contributed by atoms with van der Waals surface area (Å²) in [6, 6.07) is 0. The van der Waals surface area contributed by atoms with Crippen LogP contribution in [0, 0.1) is 0 Å². The Labute approximate surface area is 61.4 Å². The van der Waals surface area contributed by atoms with Crippen molar-refractivity contribution in [2.24, 2.45) is 0 Å². The van der Waals surface area contributed by atoms with Crippen LogP contribution in [0.5, 0.6) is 0 Å². The third-order valence-corrected chi connectivity index (χ3v) is 12.7. The van der Waals surface area contributed by atoms with E-state index in [0.29, 0.717) is 0 Å². The Morgan fingerprint density at radius 2 is 1.89 bits per heavy atom. The van der Waals surface area contributed by atoms with Crippen LogP contribution in [-0.4, -0.2) is 13.3 Å². The molecule has 1 heteroatoms. The molecule has 0 amide bonds. The predicted octanol–water partition coefficient (Wildman–Crippen LogP) is 3.27. The molecule has 0 N–H and O–H groups in total. The van der Waals surface area contributed by atoms with Gasteiger partial charge in [0.05, 0.1) is 0 Å². The van der Waals surface area contributed by atoms with Crippen molar-refractivity contribution in [1.29, 1.82) is 0 Å². The standard InChI is InChI=1S/C8H18Ge/c1-8-6-4-5-7-9(8,2)3/h8H,4-7H2,1-3H3/t8-/m1/s1. The molecule has 1 saturated heterocycles. The van der Waals surface area contributed by atoms with Gasteiger partial charge < -0.3 is 0 Å². The first kappa shape index (κ1) is 7.65. The molecule has 1 rings (SSSR count). The zero-order valence-corrected chi connectivity index (χ0v) is 9.00. The third-order valence-electron chi connectivity index (χ3n) is 3.04. The van der Waals surface area contributed by atoms with Crippen LogP contribution >= 0.6 is 0 Å². The van der Waals surface area contributed by atoms with Crippen LogP contribution in [0.25, 0.3) is 0 Å². The van der Waals surface area contributed by atoms with Gasteiger partial charge in [-0.3, -0.25) is 0 Å². The summed E-state index contributed by atoms with van der Waals surface area (Å²) in [7, 11) is 0. The molecule has 0 saturated carbocycles. The monoisotopic (exact) mass is 188 g/mol. The van der Waals surface area contributed by atoms with E-state index in [4.69, 9.17) is 0 Å². The first-order chi connectivity index (χ1) is 4.13. The molecule has 0 aromatic heterocycles. The molecule has 0 radical (unpaired) electrons. The van der Waals surface area contributed by atoms with Crippen molar-refractivity contribution in [2.45, 2.75) is 47.7 Å². The molecule has 0 aliphatic carbocycles. The molecule has 0 aromatic rings. The average molecular weight is 187 g/mol. The average Bonchev–Trinajstić information content (AvgIpc) is 1.77. The fourth-order valence-corrected chi connectivity index (χ4v) is 7.21. The van der Waals surface area contributed by atoms with E-state index in [0.717, 1.165) is 4.75 Å². The van der Waals surface area contributed by atoms with Crippen LogP contribution in [0.15, 0.2) is 0 Å². The van der Waals surface area contributed by atoms with Crippen LogP contribution in [0.2, 0.25) is 21.5 Å². The molecule has 1 aliphatic rings. The first-order valence-electron chi connectivity index (χ1n) is 4.13. The maximum atomic E-state index is 2.59. The van der Waals surface area contributed by atoms with Crippen molar-refractivity contribution in [1.82, 2.24) is 0 Å². The van der Waals surface area contributed by atoms with E-state index in [1.54, 1.807) is 5.25 Å². The molecule has 0 aromatic carbocycles. The van der Waals surface area contributed by atoms with Gasteiger partial charge in [0, 0.05) is 0 Å². The van der Waals surface area contributed by atoms with Crippen molar-refractivity contribution < 1.29 is 0 Å². The van der Waals surface area contributed by atoms with E-state index < -0.39 is 13.3 Å². The van der Waals surface area contributed by atoms with E-state index in [1.807, 2.05) is 0 Å². The van der Waals surface area contributed by atoms with Crippen molar-refractivity contribution in [2.75, 3.05) is 0 Å². The van der Waals surface area contributed by atoms with Gasteiger partial charge in [0.15, 0.2) is 0 Å². The Kier molecular flexibility index (Phi) is 2.25. The summed E-state index contributed by atoms with van der Waals surface area (Å²) in [4.78, 5) is 0. The second-order valence-corrected chi connectivity index (χ2v) is 15.6. The Balaban J connectivity index is 2.49. The van der Waals surface area contributed by atoms with Crippen molar-refractivity contribution in [3.63, 3.8) is 0 Å². The second kappa shape index (κ2) is 2.65. The summed E-state index contributed by atoms with van der Waals surface area (Å²) in [5.41, 5.74) is 0. The fourth-order valence-electron chi connectivity index (χ4n) is 1.67. The Hall–Kier alpha value is 0.543. The first-order valence-corrected chi connectivity index (χ1v) is 11.0. The quantitative estimate of drug-likeness (QED) is 0.510. The van der Waals surface area contributed by atoms with Gasteiger partial charge in [0.25, 0.3) is 0 Å². The molecule has 1 fully saturated rings. The van der Waals surface area contributed by atoms with Crippen LogP contribution < -0.4 is 0 Å². The van der Waals surface area contributed by atoms with Gasteiger partial charge in [0.2, 0.25) is 0 Å². The number of hydrogen-bond acceptors (Lipinski definition) is 0. The molecule has 1 atom stereocenters. The van der Waals surface area contributed by atoms with Gasteiger partial charge >= 0.3 is 61.0 Å². The summed E-state index contributed by atoms with van der Waals surface area (Å²) >= 11 is -1.16. The van der Waals surface area contributed by atoms with Crippen LogP contribution in [0.4, 0.5) is 0 Å². The van der Waals surface area contributed by atoms with Gasteiger partial charge in [-0.2, -0.15) is 0 Å². The van der Waals surface area contributed by atoms with Crippen LogP contribution in [-0.2, 0) is 0 Å². The van der Waals surface area contributed by atoms with E-state index in [1.165, 1.54) is 19.3 Å². The number of rotatable bonds is 0. The molecule has 1 aliphatic heterocycles. The van der Waals surface area contributed by atoms with Crippen molar-refractivity contribution in [3.8, 4) is 0 Å². The summed E-state index contributed by atoms with van der Waals surface area (Å²) < 4.78 is 1.14. The van der Waals surface area contributed by atoms with Gasteiger partial charge in [-0.05, 0) is 0 Å². The molecule has 0 unspecified atom stereocenters. The topological polar surface area (TPSA) is 0 Å². The SMILES string of the molecule is C[C@@H]1CCC[CH2][Ge]1([CH3])[CH3]. The molecule has 0 nitrogen and oxygen atoms in total. The van der Waals surface area contributed by atoms with E-state index in [-0.39, 0.29) is 0 Å². The second-order valence-electron chi connectivity index (χ2n) is 4.14. The van der Waals surface area contributed by atoms with E-state index in [2.05, 4.69) is 18.4 Å². The van der Waals surface area contributed by atoms with Gasteiger partial charge in [-0.25, -0.2) is 0 Å². The zero-order valence-electron chi connectivity index (χ0n) is 6.91. The predicted molar refractivity (Wildman–Crippen MR) is 45.6 cm³/mol. The number of hydrogen-bond donors (Lipinski definition) is 0. The third kappa shape index (κ3) is 1.73. The van der Waals surface area contributed by atoms with Crippen molar-refractivity contribution >= 4 is 13.3 Å². The molecule has 9 heavy (non-hydrogen) atoms. The molecular formula is C8H18Ge. The van der Waals surface area contributed by atoms with E-state index in [9.17, 15) is 0 Å². The minimum atomic E-state index is -1.16. The molecule has 0 bridgehead atoms. The summed E-state index contributed by atoms with van der Waals surface area (Å²) in [6.45, 7) is 2.47. The van der Waals surface area contributed by atoms with Gasteiger partial charge in [0.1, 0.15) is 0 Å². The molecule has 54 valence electrons. The van der Waals surface area contributed by atoms with Crippen molar-refractivity contribution in [3.05, 3.63) is 0 Å². The Bertz CT molecular complexity index is 96.7. The van der Waals surface area contributed by atoms with Crippen LogP contribution in [0.3, 0.4) is 0 Å². The van der Waals surface area contributed by atoms with Gasteiger partial charge in [-0.1, -0.05) is 0 Å². The molecule has 1 heterocycles. The zero-order chi connectivity index (χ0) is 6.91. The Morgan fingerprint density at radius 1 is 1.22 bits per heavy atom. The normalized spacial score (nSPS) is 34.3. The summed E-state index contributed by atoms with van der Waals surface area (Å²) in [6.07, 6.45) is 4.58. The molecular weight excluding hydrogens is 169 g/mol. The maximum absolute atomic E-state index is 2.59. The van der Waals surface area contributed by atoms with Gasteiger partial charge in [-0.15, -0.1) is 0 Å².